The number of carbonyl (C=O) groups is 5. The number of H-pyrrole nitrogens is 1. The van der Waals surface area contributed by atoms with E-state index < -0.39 is 11.9 Å². The topological polar surface area (TPSA) is 179 Å². The molecule has 0 aliphatic carbocycles. The van der Waals surface area contributed by atoms with Crippen molar-refractivity contribution in [3.8, 4) is 34.2 Å². The lowest BCUT2D eigenvalue weighted by Crippen LogP contribution is -2.52. The number of fused-ring (bicyclic) bond motifs is 3. The van der Waals surface area contributed by atoms with Crippen molar-refractivity contribution in [2.45, 2.75) is 31.8 Å². The van der Waals surface area contributed by atoms with E-state index in [1.807, 2.05) is 36.5 Å². The monoisotopic (exact) mass is 800 g/mol. The Balaban J connectivity index is 0.870. The molecule has 14 nitrogen and oxygen atoms in total. The molecule has 6 aromatic rings. The van der Waals surface area contributed by atoms with Gasteiger partial charge >= 0.3 is 0 Å². The van der Waals surface area contributed by atoms with Crippen molar-refractivity contribution in [3.05, 3.63) is 113 Å². The molecule has 60 heavy (non-hydrogen) atoms. The van der Waals surface area contributed by atoms with E-state index in [4.69, 9.17) is 9.72 Å². The van der Waals surface area contributed by atoms with Gasteiger partial charge in [-0.05, 0) is 71.0 Å². The Labute approximate surface area is 344 Å². The molecule has 5 amide bonds. The van der Waals surface area contributed by atoms with Crippen LogP contribution in [-0.2, 0) is 20.9 Å². The van der Waals surface area contributed by atoms with Gasteiger partial charge in [0.05, 0.1) is 35.7 Å². The molecule has 0 bridgehead atoms. The van der Waals surface area contributed by atoms with Crippen LogP contribution in [0.3, 0.4) is 0 Å². The molecular weight excluding hydrogens is 761 g/mol. The molecule has 1 unspecified atom stereocenters. The molecular formula is C46H40N8O6. The summed E-state index contributed by atoms with van der Waals surface area (Å²) in [5.74, 6) is 4.68. The number of rotatable bonds is 8. The van der Waals surface area contributed by atoms with Gasteiger partial charge in [0.2, 0.25) is 11.8 Å². The number of pyridine rings is 2. The maximum Gasteiger partial charge on any atom is 0.269 e. The highest BCUT2D eigenvalue weighted by molar-refractivity contribution is 6.12. The molecule has 0 saturated carbocycles. The summed E-state index contributed by atoms with van der Waals surface area (Å²) in [6.07, 6.45) is 6.10. The average molecular weight is 801 g/mol. The standard InChI is InChI=1S/C46H40N8O6/c1-47-43(56)35-25-51-42-33(35)20-30(22-40(42)53-16-18-60-19-17-53)31-9-5-8-28-21-38(50-24-34(28)31)29-11-12-37(49-23-29)44(57)48-15-3-2-6-27-7-4-10-32-36(27)26-54(46(32)59)39-13-14-41(55)52-45(39)58/h4-5,7-12,20-25,39,51H,3,13-19,26H2,1H3,(H,47,56)(H,48,57)(H,52,55,58). The van der Waals surface area contributed by atoms with E-state index in [0.717, 1.165) is 62.7 Å². The quantitative estimate of drug-likeness (QED) is 0.0975. The summed E-state index contributed by atoms with van der Waals surface area (Å²) in [6.45, 7) is 3.28. The number of piperidine rings is 1. The molecule has 2 saturated heterocycles. The van der Waals surface area contributed by atoms with Crippen molar-refractivity contribution < 1.29 is 28.7 Å². The van der Waals surface area contributed by atoms with E-state index in [1.54, 1.807) is 37.6 Å². The second kappa shape index (κ2) is 16.1. The SMILES string of the molecule is CNC(=O)c1c[nH]c2c(N3CCOCC3)cc(-c3cccc4cc(-c5ccc(C(=O)NCCC#Cc6cccc7c6CN(C6CCC(=O)NC6=O)C7=O)nc5)ncc34)cc12. The zero-order valence-corrected chi connectivity index (χ0v) is 32.8. The third-order valence-corrected chi connectivity index (χ3v) is 11.3. The van der Waals surface area contributed by atoms with Gasteiger partial charge in [-0.25, -0.2) is 0 Å². The van der Waals surface area contributed by atoms with E-state index in [0.29, 0.717) is 48.4 Å². The lowest BCUT2D eigenvalue weighted by atomic mass is 9.96. The Morgan fingerprint density at radius 1 is 0.917 bits per heavy atom. The number of nitrogens with zero attached hydrogens (tertiary/aromatic N) is 4. The number of imide groups is 1. The number of aromatic nitrogens is 3. The summed E-state index contributed by atoms with van der Waals surface area (Å²) in [5.41, 5.74) is 8.12. The van der Waals surface area contributed by atoms with Crippen LogP contribution in [0.25, 0.3) is 44.1 Å². The number of benzene rings is 3. The van der Waals surface area contributed by atoms with E-state index in [-0.39, 0.29) is 48.8 Å². The van der Waals surface area contributed by atoms with Crippen molar-refractivity contribution in [2.24, 2.45) is 0 Å². The van der Waals surface area contributed by atoms with Crippen molar-refractivity contribution in [2.75, 3.05) is 44.8 Å². The highest BCUT2D eigenvalue weighted by atomic mass is 16.5. The zero-order chi connectivity index (χ0) is 41.3. The normalized spacial score (nSPS) is 16.4. The molecule has 2 fully saturated rings. The van der Waals surface area contributed by atoms with Crippen LogP contribution >= 0.6 is 0 Å². The molecule has 6 heterocycles. The van der Waals surface area contributed by atoms with Gasteiger partial charge in [0.15, 0.2) is 0 Å². The van der Waals surface area contributed by atoms with Crippen LogP contribution in [0.1, 0.15) is 61.6 Å². The van der Waals surface area contributed by atoms with Gasteiger partial charge in [0.1, 0.15) is 11.7 Å². The number of ether oxygens (including phenoxy) is 1. The van der Waals surface area contributed by atoms with Crippen molar-refractivity contribution in [3.63, 3.8) is 0 Å². The van der Waals surface area contributed by atoms with Gasteiger partial charge in [-0.1, -0.05) is 36.1 Å². The van der Waals surface area contributed by atoms with Crippen LogP contribution in [-0.4, -0.2) is 95.3 Å². The number of aromatic amines is 1. The van der Waals surface area contributed by atoms with Gasteiger partial charge in [-0.15, -0.1) is 0 Å². The van der Waals surface area contributed by atoms with Gasteiger partial charge < -0.3 is 30.2 Å². The third-order valence-electron chi connectivity index (χ3n) is 11.3. The van der Waals surface area contributed by atoms with Crippen molar-refractivity contribution >= 4 is 56.9 Å². The summed E-state index contributed by atoms with van der Waals surface area (Å²) in [6, 6.07) is 20.5. The molecule has 9 rings (SSSR count). The van der Waals surface area contributed by atoms with Gasteiger partial charge in [-0.2, -0.15) is 0 Å². The number of hydrogen-bond donors (Lipinski definition) is 4. The number of nitrogens with one attached hydrogen (secondary N) is 4. The summed E-state index contributed by atoms with van der Waals surface area (Å²) >= 11 is 0. The van der Waals surface area contributed by atoms with E-state index in [2.05, 4.69) is 60.9 Å². The van der Waals surface area contributed by atoms with Crippen molar-refractivity contribution in [1.82, 2.24) is 35.8 Å². The van der Waals surface area contributed by atoms with Crippen LogP contribution < -0.4 is 20.9 Å². The number of hydrogen-bond acceptors (Lipinski definition) is 9. The minimum atomic E-state index is -0.696. The van der Waals surface area contributed by atoms with E-state index in [1.165, 1.54) is 4.90 Å². The largest absolute Gasteiger partial charge is 0.378 e. The van der Waals surface area contributed by atoms with Gasteiger partial charge in [0.25, 0.3) is 17.7 Å². The Hall–Kier alpha value is -7.37. The minimum absolute atomic E-state index is 0.159. The fourth-order valence-electron chi connectivity index (χ4n) is 8.20. The van der Waals surface area contributed by atoms with Crippen LogP contribution in [0.2, 0.25) is 0 Å². The van der Waals surface area contributed by atoms with Gasteiger partial charge in [0, 0.05) is 92.1 Å². The first-order chi connectivity index (χ1) is 29.3. The van der Waals surface area contributed by atoms with E-state index >= 15 is 0 Å². The lowest BCUT2D eigenvalue weighted by Gasteiger charge is -2.30. The zero-order valence-electron chi connectivity index (χ0n) is 32.8. The summed E-state index contributed by atoms with van der Waals surface area (Å²) in [4.78, 5) is 79.4. The minimum Gasteiger partial charge on any atom is -0.378 e. The summed E-state index contributed by atoms with van der Waals surface area (Å²) < 4.78 is 5.63. The Bertz CT molecular complexity index is 2800. The first-order valence-electron chi connectivity index (χ1n) is 19.9. The summed E-state index contributed by atoms with van der Waals surface area (Å²) in [5, 5.41) is 10.7. The van der Waals surface area contributed by atoms with Crippen LogP contribution in [0.15, 0.2) is 85.3 Å². The predicted octanol–water partition coefficient (Wildman–Crippen LogP) is 4.57. The highest BCUT2D eigenvalue weighted by Crippen LogP contribution is 2.38. The molecule has 0 spiro atoms. The highest BCUT2D eigenvalue weighted by Gasteiger charge is 2.39. The second-order valence-corrected chi connectivity index (χ2v) is 14.9. The Kier molecular flexibility index (Phi) is 10.2. The fourth-order valence-corrected chi connectivity index (χ4v) is 8.20. The Morgan fingerprint density at radius 2 is 1.75 bits per heavy atom. The molecule has 14 heteroatoms. The predicted molar refractivity (Wildman–Crippen MR) is 225 cm³/mol. The molecule has 3 aliphatic heterocycles. The second-order valence-electron chi connectivity index (χ2n) is 14.9. The summed E-state index contributed by atoms with van der Waals surface area (Å²) in [7, 11) is 1.63. The van der Waals surface area contributed by atoms with Crippen LogP contribution in [0, 0.1) is 11.8 Å². The molecule has 0 radical (unpaired) electrons. The lowest BCUT2D eigenvalue weighted by molar-refractivity contribution is -0.136. The third kappa shape index (κ3) is 7.20. The molecule has 3 aromatic carbocycles. The molecule has 3 aliphatic rings. The number of anilines is 1. The number of carbonyl (C=O) groups excluding carboxylic acids is 5. The van der Waals surface area contributed by atoms with Gasteiger partial charge in [-0.3, -0.25) is 39.3 Å². The first kappa shape index (κ1) is 38.2. The average Bonchev–Trinajstić information content (AvgIpc) is 3.86. The Morgan fingerprint density at radius 3 is 2.55 bits per heavy atom. The fraction of sp³-hybridized carbons (Fsp3) is 0.239. The maximum atomic E-state index is 13.1. The molecule has 4 N–H and O–H groups in total. The maximum absolute atomic E-state index is 13.1. The molecule has 3 aromatic heterocycles. The number of morpholine rings is 1. The smallest absolute Gasteiger partial charge is 0.269 e. The molecule has 1 atom stereocenters. The van der Waals surface area contributed by atoms with Crippen LogP contribution in [0.5, 0.6) is 0 Å². The molecule has 300 valence electrons. The van der Waals surface area contributed by atoms with Crippen molar-refractivity contribution in [1.29, 1.82) is 0 Å². The van der Waals surface area contributed by atoms with Crippen LogP contribution in [0.4, 0.5) is 5.69 Å². The number of amides is 5. The van der Waals surface area contributed by atoms with E-state index in [9.17, 15) is 24.0 Å². The first-order valence-corrected chi connectivity index (χ1v) is 19.9.